The van der Waals surface area contributed by atoms with Crippen molar-refractivity contribution in [2.75, 3.05) is 25.9 Å². The Morgan fingerprint density at radius 2 is 2.20 bits per heavy atom. The van der Waals surface area contributed by atoms with Crippen LogP contribution in [0.2, 0.25) is 0 Å². The fourth-order valence-electron chi connectivity index (χ4n) is 1.77. The van der Waals surface area contributed by atoms with Crippen LogP contribution in [0.25, 0.3) is 0 Å². The highest BCUT2D eigenvalue weighted by molar-refractivity contribution is 5.96. The summed E-state index contributed by atoms with van der Waals surface area (Å²) in [6, 6.07) is 7.76. The van der Waals surface area contributed by atoms with E-state index < -0.39 is 0 Å². The van der Waals surface area contributed by atoms with Crippen molar-refractivity contribution in [2.24, 2.45) is 0 Å². The van der Waals surface area contributed by atoms with Gasteiger partial charge in [0.1, 0.15) is 18.1 Å². The third-order valence-corrected chi connectivity index (χ3v) is 3.01. The molecule has 0 aliphatic heterocycles. The van der Waals surface area contributed by atoms with Gasteiger partial charge in [-0.25, -0.2) is 0 Å². The van der Waals surface area contributed by atoms with Gasteiger partial charge in [-0.3, -0.25) is 9.89 Å². The van der Waals surface area contributed by atoms with Crippen LogP contribution in [-0.4, -0.2) is 41.2 Å². The number of ether oxygens (including phenoxy) is 1. The Bertz CT molecular complexity index is 594. The zero-order chi connectivity index (χ0) is 14.5. The van der Waals surface area contributed by atoms with Gasteiger partial charge in [0.25, 0.3) is 5.91 Å². The van der Waals surface area contributed by atoms with Gasteiger partial charge in [0.2, 0.25) is 0 Å². The topological polar surface area (TPSA) is 84.2 Å². The van der Waals surface area contributed by atoms with Crippen molar-refractivity contribution in [1.82, 2.24) is 15.1 Å². The first-order valence-corrected chi connectivity index (χ1v) is 6.32. The van der Waals surface area contributed by atoms with Crippen molar-refractivity contribution in [1.29, 1.82) is 0 Å². The Kier molecular flexibility index (Phi) is 4.24. The maximum atomic E-state index is 12.1. The van der Waals surface area contributed by atoms with Crippen LogP contribution in [-0.2, 0) is 0 Å². The number of aromatic nitrogens is 2. The third kappa shape index (κ3) is 3.09. The first-order valence-electron chi connectivity index (χ1n) is 6.32. The predicted octanol–water partition coefficient (Wildman–Crippen LogP) is 1.45. The Morgan fingerprint density at radius 3 is 2.85 bits per heavy atom. The second-order valence-corrected chi connectivity index (χ2v) is 4.54. The summed E-state index contributed by atoms with van der Waals surface area (Å²) in [5, 5.41) is 6.33. The van der Waals surface area contributed by atoms with E-state index in [2.05, 4.69) is 10.2 Å². The van der Waals surface area contributed by atoms with Crippen molar-refractivity contribution in [3.63, 3.8) is 0 Å². The monoisotopic (exact) mass is 274 g/mol. The number of carbonyl (C=O) groups excluding carboxylic acids is 1. The molecule has 0 saturated carbocycles. The van der Waals surface area contributed by atoms with E-state index in [4.69, 9.17) is 10.5 Å². The van der Waals surface area contributed by atoms with Gasteiger partial charge in [-0.05, 0) is 18.6 Å². The molecule has 0 fully saturated rings. The van der Waals surface area contributed by atoms with Crippen molar-refractivity contribution >= 4 is 11.6 Å². The smallest absolute Gasteiger partial charge is 0.273 e. The summed E-state index contributed by atoms with van der Waals surface area (Å²) < 4.78 is 5.65. The van der Waals surface area contributed by atoms with E-state index in [1.165, 1.54) is 6.20 Å². The molecular formula is C14H18N4O2. The van der Waals surface area contributed by atoms with Crippen LogP contribution in [0.15, 0.2) is 30.5 Å². The summed E-state index contributed by atoms with van der Waals surface area (Å²) in [5.74, 6) is 0.628. The van der Waals surface area contributed by atoms with Crippen LogP contribution in [0.1, 0.15) is 16.1 Å². The lowest BCUT2D eigenvalue weighted by atomic mass is 10.2. The molecule has 3 N–H and O–H groups in total. The maximum Gasteiger partial charge on any atom is 0.273 e. The van der Waals surface area contributed by atoms with Gasteiger partial charge in [0, 0.05) is 7.05 Å². The summed E-state index contributed by atoms with van der Waals surface area (Å²) in [6.07, 6.45) is 1.42. The zero-order valence-electron chi connectivity index (χ0n) is 11.6. The molecule has 6 heteroatoms. The molecule has 1 aromatic heterocycles. The molecule has 0 saturated heterocycles. The minimum atomic E-state index is -0.201. The van der Waals surface area contributed by atoms with E-state index in [1.807, 2.05) is 31.2 Å². The molecule has 0 radical (unpaired) electrons. The molecule has 0 atom stereocenters. The lowest BCUT2D eigenvalue weighted by Gasteiger charge is -2.17. The fourth-order valence-corrected chi connectivity index (χ4v) is 1.77. The van der Waals surface area contributed by atoms with Crippen molar-refractivity contribution in [2.45, 2.75) is 6.92 Å². The van der Waals surface area contributed by atoms with E-state index in [9.17, 15) is 4.79 Å². The lowest BCUT2D eigenvalue weighted by Crippen LogP contribution is -2.31. The number of nitrogen functional groups attached to an aromatic ring is 1. The molecule has 1 aromatic carbocycles. The first-order chi connectivity index (χ1) is 9.59. The number of anilines is 1. The number of hydrogen-bond acceptors (Lipinski definition) is 4. The Hall–Kier alpha value is -2.50. The van der Waals surface area contributed by atoms with Gasteiger partial charge >= 0.3 is 0 Å². The Morgan fingerprint density at radius 1 is 1.45 bits per heavy atom. The van der Waals surface area contributed by atoms with E-state index in [-0.39, 0.29) is 5.91 Å². The SMILES string of the molecule is Cc1ccccc1OCCN(C)C(=O)c1[nH]ncc1N. The number of aromatic amines is 1. The van der Waals surface area contributed by atoms with Crippen LogP contribution in [0, 0.1) is 6.92 Å². The second-order valence-electron chi connectivity index (χ2n) is 4.54. The van der Waals surface area contributed by atoms with Crippen molar-refractivity contribution in [3.8, 4) is 5.75 Å². The predicted molar refractivity (Wildman–Crippen MR) is 76.6 cm³/mol. The molecule has 0 bridgehead atoms. The Labute approximate surface area is 117 Å². The number of carbonyl (C=O) groups is 1. The molecule has 2 rings (SSSR count). The second kappa shape index (κ2) is 6.10. The number of nitrogens with zero attached hydrogens (tertiary/aromatic N) is 2. The normalized spacial score (nSPS) is 10.3. The molecule has 1 amide bonds. The number of rotatable bonds is 5. The quantitative estimate of drug-likeness (QED) is 0.864. The molecule has 0 aliphatic carbocycles. The highest BCUT2D eigenvalue weighted by Crippen LogP contribution is 2.16. The third-order valence-electron chi connectivity index (χ3n) is 3.01. The molecule has 6 nitrogen and oxygen atoms in total. The highest BCUT2D eigenvalue weighted by Gasteiger charge is 2.16. The molecule has 0 aliphatic rings. The number of para-hydroxylation sites is 1. The summed E-state index contributed by atoms with van der Waals surface area (Å²) in [4.78, 5) is 13.6. The van der Waals surface area contributed by atoms with Gasteiger partial charge in [-0.2, -0.15) is 5.10 Å². The summed E-state index contributed by atoms with van der Waals surface area (Å²) in [7, 11) is 1.70. The highest BCUT2D eigenvalue weighted by atomic mass is 16.5. The van der Waals surface area contributed by atoms with E-state index in [1.54, 1.807) is 11.9 Å². The number of aryl methyl sites for hydroxylation is 1. The van der Waals surface area contributed by atoms with Crippen molar-refractivity contribution < 1.29 is 9.53 Å². The average molecular weight is 274 g/mol. The summed E-state index contributed by atoms with van der Waals surface area (Å²) >= 11 is 0. The maximum absolute atomic E-state index is 12.1. The van der Waals surface area contributed by atoms with Crippen LogP contribution in [0.4, 0.5) is 5.69 Å². The standard InChI is InChI=1S/C14H18N4O2/c1-10-5-3-4-6-12(10)20-8-7-18(2)14(19)13-11(15)9-16-17-13/h3-6,9H,7-8,15H2,1-2H3,(H,16,17). The number of hydrogen-bond donors (Lipinski definition) is 2. The van der Waals surface area contributed by atoms with E-state index in [0.717, 1.165) is 11.3 Å². The van der Waals surface area contributed by atoms with Gasteiger partial charge in [0.05, 0.1) is 18.4 Å². The molecule has 106 valence electrons. The molecule has 0 unspecified atom stereocenters. The largest absolute Gasteiger partial charge is 0.491 e. The molecule has 20 heavy (non-hydrogen) atoms. The lowest BCUT2D eigenvalue weighted by molar-refractivity contribution is 0.0769. The van der Waals surface area contributed by atoms with E-state index >= 15 is 0 Å². The zero-order valence-corrected chi connectivity index (χ0v) is 11.6. The molecular weight excluding hydrogens is 256 g/mol. The van der Waals surface area contributed by atoms with Gasteiger partial charge < -0.3 is 15.4 Å². The fraction of sp³-hybridized carbons (Fsp3) is 0.286. The van der Waals surface area contributed by atoms with Crippen molar-refractivity contribution in [3.05, 3.63) is 41.7 Å². The molecule has 0 spiro atoms. The number of nitrogens with two attached hydrogens (primary N) is 1. The molecule has 1 heterocycles. The van der Waals surface area contributed by atoms with Gasteiger partial charge in [-0.1, -0.05) is 18.2 Å². The number of H-pyrrole nitrogens is 1. The number of amides is 1. The van der Waals surface area contributed by atoms with Gasteiger partial charge in [-0.15, -0.1) is 0 Å². The number of benzene rings is 1. The van der Waals surface area contributed by atoms with Gasteiger partial charge in [0.15, 0.2) is 0 Å². The van der Waals surface area contributed by atoms with Crippen LogP contribution in [0.3, 0.4) is 0 Å². The van der Waals surface area contributed by atoms with Crippen LogP contribution in [0.5, 0.6) is 5.75 Å². The summed E-state index contributed by atoms with van der Waals surface area (Å²) in [6.45, 7) is 2.86. The minimum Gasteiger partial charge on any atom is -0.491 e. The molecule has 2 aromatic rings. The summed E-state index contributed by atoms with van der Waals surface area (Å²) in [5.41, 5.74) is 7.37. The number of nitrogens with one attached hydrogen (secondary N) is 1. The average Bonchev–Trinajstić information content (AvgIpc) is 2.86. The first kappa shape index (κ1) is 13.9. The number of likely N-dealkylation sites (N-methyl/N-ethyl adjacent to an activating group) is 1. The minimum absolute atomic E-state index is 0.201. The Balaban J connectivity index is 1.87. The van der Waals surface area contributed by atoms with Crippen LogP contribution >= 0.6 is 0 Å². The van der Waals surface area contributed by atoms with Crippen LogP contribution < -0.4 is 10.5 Å². The van der Waals surface area contributed by atoms with E-state index in [0.29, 0.717) is 24.5 Å².